The molecule has 60 heavy (non-hydrogen) atoms. The molecular formula is C47H41BrClF11. The number of alkyl halides is 6. The Morgan fingerprint density at radius 2 is 0.767 bits per heavy atom. The minimum Gasteiger partial charge on any atom is -0.203 e. The van der Waals surface area contributed by atoms with E-state index in [2.05, 4.69) is 48.8 Å². The maximum atomic E-state index is 12.9. The topological polar surface area (TPSA) is 0 Å². The number of allylic oxidation sites excluding steroid dienone is 5. The predicted molar refractivity (Wildman–Crippen MR) is 228 cm³/mol. The summed E-state index contributed by atoms with van der Waals surface area (Å²) >= 11 is 9.05. The van der Waals surface area contributed by atoms with Crippen molar-refractivity contribution in [2.75, 3.05) is 0 Å². The Balaban J connectivity index is 0.000000377. The molecule has 5 aromatic carbocycles. The second-order valence-corrected chi connectivity index (χ2v) is 14.4. The molecule has 0 N–H and O–H groups in total. The van der Waals surface area contributed by atoms with Crippen molar-refractivity contribution in [2.45, 2.75) is 47.0 Å². The van der Waals surface area contributed by atoms with Crippen molar-refractivity contribution in [2.24, 2.45) is 0 Å². The van der Waals surface area contributed by atoms with Crippen LogP contribution in [0, 0.1) is 29.1 Å². The first-order valence-corrected chi connectivity index (χ1v) is 18.4. The lowest BCUT2D eigenvalue weighted by atomic mass is 10.1. The largest absolute Gasteiger partial charge is 0.416 e. The Labute approximate surface area is 356 Å². The Morgan fingerprint density at radius 3 is 1.10 bits per heavy atom. The third-order valence-electron chi connectivity index (χ3n) is 7.70. The van der Waals surface area contributed by atoms with Crippen molar-refractivity contribution in [3.8, 4) is 0 Å². The van der Waals surface area contributed by atoms with Gasteiger partial charge in [0.05, 0.1) is 16.7 Å². The first-order valence-electron chi connectivity index (χ1n) is 17.3. The van der Waals surface area contributed by atoms with E-state index < -0.39 is 58.1 Å². The quantitative estimate of drug-likeness (QED) is 0.0936. The van der Waals surface area contributed by atoms with E-state index >= 15 is 0 Å². The van der Waals surface area contributed by atoms with Crippen molar-refractivity contribution in [3.05, 3.63) is 207 Å². The van der Waals surface area contributed by atoms with E-state index in [-0.39, 0.29) is 5.57 Å². The van der Waals surface area contributed by atoms with E-state index in [1.54, 1.807) is 19.9 Å². The monoisotopic (exact) mass is 928 g/mol. The van der Waals surface area contributed by atoms with Crippen LogP contribution in [0.4, 0.5) is 48.3 Å². The molecule has 0 bridgehead atoms. The van der Waals surface area contributed by atoms with Gasteiger partial charge in [-0.2, -0.15) is 26.3 Å². The highest BCUT2D eigenvalue weighted by Crippen LogP contribution is 2.32. The molecule has 0 spiro atoms. The lowest BCUT2D eigenvalue weighted by Gasteiger charge is -2.07. The molecule has 0 aliphatic carbocycles. The number of benzene rings is 5. The standard InChI is InChI=1S/2C10H9F3.C9H9Br.C9H9Cl.C9H5F5/c1-7(2)8-3-5-9(6-4-8)10(11,12)13;1-7(2)8-4-3-5-9(6-8)10(11,12)13;2*1-7(2)8-3-5-9(10)6-4-8;1-3(2)4-5(10)7(12)9(14)8(13)6(4)11/h2*3-6H,1H2,2H3;2*3-6H,1H2,2H3;1H2,2H3. The summed E-state index contributed by atoms with van der Waals surface area (Å²) in [5, 5.41) is 0.769. The van der Waals surface area contributed by atoms with Crippen LogP contribution < -0.4 is 0 Å². The van der Waals surface area contributed by atoms with Crippen LogP contribution in [-0.2, 0) is 12.4 Å². The fraction of sp³-hybridized carbons (Fsp3) is 0.149. The summed E-state index contributed by atoms with van der Waals surface area (Å²) in [7, 11) is 0. The van der Waals surface area contributed by atoms with Gasteiger partial charge >= 0.3 is 12.4 Å². The molecule has 0 saturated heterocycles. The fourth-order valence-electron chi connectivity index (χ4n) is 4.35. The molecule has 0 unspecified atom stereocenters. The molecule has 0 fully saturated rings. The zero-order chi connectivity index (χ0) is 46.3. The number of hydrogen-bond acceptors (Lipinski definition) is 0. The predicted octanol–water partition coefficient (Wildman–Crippen LogP) is 17.7. The van der Waals surface area contributed by atoms with E-state index in [0.29, 0.717) is 11.1 Å². The Hall–Kier alpha value is -5.20. The van der Waals surface area contributed by atoms with Crippen molar-refractivity contribution in [1.82, 2.24) is 0 Å². The molecular weight excluding hydrogens is 889 g/mol. The van der Waals surface area contributed by atoms with Crippen LogP contribution in [0.3, 0.4) is 0 Å². The van der Waals surface area contributed by atoms with Crippen molar-refractivity contribution >= 4 is 55.4 Å². The van der Waals surface area contributed by atoms with Gasteiger partial charge in [-0.05, 0) is 111 Å². The Bertz CT molecular complexity index is 2180. The zero-order valence-electron chi connectivity index (χ0n) is 33.2. The zero-order valence-corrected chi connectivity index (χ0v) is 35.5. The number of hydrogen-bond donors (Lipinski definition) is 0. The Morgan fingerprint density at radius 1 is 0.433 bits per heavy atom. The molecule has 5 rings (SSSR count). The lowest BCUT2D eigenvalue weighted by molar-refractivity contribution is -0.138. The molecule has 0 nitrogen and oxygen atoms in total. The molecule has 0 amide bonds. The molecule has 320 valence electrons. The number of halogens is 13. The molecule has 0 aromatic heterocycles. The third kappa shape index (κ3) is 17.2. The average molecular weight is 930 g/mol. The normalized spacial score (nSPS) is 10.5. The van der Waals surface area contributed by atoms with Crippen LogP contribution in [0.25, 0.3) is 27.9 Å². The summed E-state index contributed by atoms with van der Waals surface area (Å²) in [6.45, 7) is 26.6. The van der Waals surface area contributed by atoms with Gasteiger partial charge in [0, 0.05) is 9.50 Å². The van der Waals surface area contributed by atoms with E-state index in [4.69, 9.17) is 11.6 Å². The summed E-state index contributed by atoms with van der Waals surface area (Å²) in [5.41, 5.74) is 4.70. The molecule has 0 aliphatic heterocycles. The van der Waals surface area contributed by atoms with Crippen LogP contribution in [0.15, 0.2) is 134 Å². The van der Waals surface area contributed by atoms with Crippen molar-refractivity contribution < 1.29 is 48.3 Å². The first-order chi connectivity index (χ1) is 27.6. The van der Waals surface area contributed by atoms with Crippen LogP contribution in [-0.4, -0.2) is 0 Å². The molecule has 13 heteroatoms. The average Bonchev–Trinajstić information content (AvgIpc) is 3.17. The second-order valence-electron chi connectivity index (χ2n) is 13.0. The summed E-state index contributed by atoms with van der Waals surface area (Å²) in [6, 6.07) is 25.9. The summed E-state index contributed by atoms with van der Waals surface area (Å²) in [6.07, 6.45) is -8.53. The fourth-order valence-corrected chi connectivity index (χ4v) is 4.74. The van der Waals surface area contributed by atoms with Gasteiger partial charge in [0.1, 0.15) is 0 Å². The molecule has 0 heterocycles. The maximum absolute atomic E-state index is 12.9. The molecule has 0 radical (unpaired) electrons. The van der Waals surface area contributed by atoms with E-state index in [0.717, 1.165) is 68.5 Å². The van der Waals surface area contributed by atoms with Crippen LogP contribution in [0.2, 0.25) is 5.02 Å². The van der Waals surface area contributed by atoms with Gasteiger partial charge in [-0.25, -0.2) is 22.0 Å². The maximum Gasteiger partial charge on any atom is 0.416 e. The second kappa shape index (κ2) is 23.6. The van der Waals surface area contributed by atoms with Crippen LogP contribution >= 0.6 is 27.5 Å². The highest BCUT2D eigenvalue weighted by atomic mass is 79.9. The smallest absolute Gasteiger partial charge is 0.203 e. The summed E-state index contributed by atoms with van der Waals surface area (Å²) in [4.78, 5) is 0. The van der Waals surface area contributed by atoms with Gasteiger partial charge in [0.25, 0.3) is 0 Å². The number of rotatable bonds is 5. The summed E-state index contributed by atoms with van der Waals surface area (Å²) in [5.74, 6) is -9.78. The van der Waals surface area contributed by atoms with Gasteiger partial charge in [-0.1, -0.05) is 131 Å². The van der Waals surface area contributed by atoms with E-state index in [1.807, 2.05) is 62.4 Å². The van der Waals surface area contributed by atoms with Crippen molar-refractivity contribution in [3.63, 3.8) is 0 Å². The molecule has 0 saturated carbocycles. The van der Waals surface area contributed by atoms with Gasteiger partial charge < -0.3 is 0 Å². The van der Waals surface area contributed by atoms with Crippen molar-refractivity contribution in [1.29, 1.82) is 0 Å². The van der Waals surface area contributed by atoms with Crippen LogP contribution in [0.5, 0.6) is 0 Å². The van der Waals surface area contributed by atoms with Gasteiger partial charge in [0.2, 0.25) is 5.82 Å². The highest BCUT2D eigenvalue weighted by Gasteiger charge is 2.31. The van der Waals surface area contributed by atoms with E-state index in [9.17, 15) is 48.3 Å². The minimum atomic E-state index is -4.27. The van der Waals surface area contributed by atoms with Gasteiger partial charge in [-0.3, -0.25) is 0 Å². The van der Waals surface area contributed by atoms with Crippen LogP contribution in [0.1, 0.15) is 73.6 Å². The lowest BCUT2D eigenvalue weighted by Crippen LogP contribution is -2.05. The van der Waals surface area contributed by atoms with Gasteiger partial charge in [-0.15, -0.1) is 0 Å². The Kier molecular flexibility index (Phi) is 20.7. The minimum absolute atomic E-state index is 0.224. The third-order valence-corrected chi connectivity index (χ3v) is 8.48. The van der Waals surface area contributed by atoms with Gasteiger partial charge in [0.15, 0.2) is 23.3 Å². The SMILES string of the molecule is C=C(C)c1c(F)c(F)c(F)c(F)c1F.C=C(C)c1ccc(Br)cc1.C=C(C)c1ccc(C(F)(F)F)cc1.C=C(C)c1ccc(Cl)cc1.C=C(C)c1cccc(C(F)(F)F)c1. The first kappa shape index (κ1) is 52.8. The summed E-state index contributed by atoms with van der Waals surface area (Å²) < 4.78 is 137. The molecule has 0 atom stereocenters. The molecule has 5 aromatic rings. The molecule has 0 aliphatic rings. The highest BCUT2D eigenvalue weighted by molar-refractivity contribution is 9.10. The van der Waals surface area contributed by atoms with E-state index in [1.165, 1.54) is 23.8 Å².